The van der Waals surface area contributed by atoms with Crippen LogP contribution in [0.15, 0.2) is 18.6 Å². The lowest BCUT2D eigenvalue weighted by Crippen LogP contribution is -2.06. The molecule has 0 amide bonds. The Morgan fingerprint density at radius 3 is 2.82 bits per heavy atom. The number of nitrogens with zero attached hydrogens (tertiary/aromatic N) is 4. The summed E-state index contributed by atoms with van der Waals surface area (Å²) in [6.45, 7) is 4.84. The Balaban J connectivity index is 2.49. The highest BCUT2D eigenvalue weighted by Gasteiger charge is 2.10. The van der Waals surface area contributed by atoms with E-state index in [1.165, 1.54) is 6.33 Å². The quantitative estimate of drug-likeness (QED) is 0.868. The van der Waals surface area contributed by atoms with E-state index in [0.29, 0.717) is 5.82 Å². The maximum absolute atomic E-state index is 4.47. The number of hydrogen-bond acceptors (Lipinski definition) is 5. The molecule has 0 aliphatic heterocycles. The number of aryl methyl sites for hydroxylation is 1. The fraction of sp³-hybridized carbons (Fsp3) is 0.273. The molecule has 0 saturated carbocycles. The van der Waals surface area contributed by atoms with E-state index in [9.17, 15) is 0 Å². The summed E-state index contributed by atoms with van der Waals surface area (Å²) < 4.78 is 1.04. The number of hydrogen-bond donors (Lipinski definition) is 1. The van der Waals surface area contributed by atoms with Crippen LogP contribution < -0.4 is 5.32 Å². The second-order valence-corrected chi connectivity index (χ2v) is 4.50. The van der Waals surface area contributed by atoms with Crippen molar-refractivity contribution in [1.82, 2.24) is 19.9 Å². The highest BCUT2D eigenvalue weighted by molar-refractivity contribution is 14.1. The molecule has 0 aliphatic carbocycles. The molecule has 0 bridgehead atoms. The number of rotatable bonds is 3. The molecule has 17 heavy (non-hydrogen) atoms. The second kappa shape index (κ2) is 5.35. The molecule has 0 atom stereocenters. The van der Waals surface area contributed by atoms with E-state index in [0.717, 1.165) is 27.3 Å². The lowest BCUT2D eigenvalue weighted by molar-refractivity contribution is 1.04. The van der Waals surface area contributed by atoms with Gasteiger partial charge in [-0.05, 0) is 42.5 Å². The van der Waals surface area contributed by atoms with Gasteiger partial charge in [0.2, 0.25) is 0 Å². The maximum atomic E-state index is 4.47. The van der Waals surface area contributed by atoms with Crippen molar-refractivity contribution in [3.05, 3.63) is 27.9 Å². The lowest BCUT2D eigenvalue weighted by atomic mass is 10.3. The van der Waals surface area contributed by atoms with Crippen molar-refractivity contribution in [3.63, 3.8) is 0 Å². The minimum atomic E-state index is 0.626. The maximum Gasteiger partial charge on any atom is 0.180 e. The Morgan fingerprint density at radius 1 is 1.35 bits per heavy atom. The normalized spacial score (nSPS) is 10.3. The molecule has 0 fully saturated rings. The Kier molecular flexibility index (Phi) is 3.82. The van der Waals surface area contributed by atoms with Crippen LogP contribution in [0.2, 0.25) is 0 Å². The first-order valence-corrected chi connectivity index (χ1v) is 6.34. The molecule has 2 rings (SSSR count). The number of aromatic nitrogens is 4. The predicted octanol–water partition coefficient (Wildman–Crippen LogP) is 2.28. The third-order valence-electron chi connectivity index (χ3n) is 2.17. The van der Waals surface area contributed by atoms with Gasteiger partial charge in [0.15, 0.2) is 5.82 Å². The molecule has 2 aromatic rings. The van der Waals surface area contributed by atoms with E-state index in [1.54, 1.807) is 12.3 Å². The fourth-order valence-corrected chi connectivity index (χ4v) is 1.81. The van der Waals surface area contributed by atoms with E-state index >= 15 is 0 Å². The molecule has 0 saturated heterocycles. The standard InChI is InChI=1S/C11H12IN5/c1-3-14-11-9(12)7(2)16-10(17-11)8-4-5-13-6-15-8/h4-6H,3H2,1-2H3,(H,14,16,17). The van der Waals surface area contributed by atoms with Gasteiger partial charge in [-0.2, -0.15) is 0 Å². The summed E-state index contributed by atoms with van der Waals surface area (Å²) in [5, 5.41) is 3.22. The summed E-state index contributed by atoms with van der Waals surface area (Å²) >= 11 is 2.24. The summed E-state index contributed by atoms with van der Waals surface area (Å²) in [7, 11) is 0. The number of anilines is 1. The first-order chi connectivity index (χ1) is 8.22. The van der Waals surface area contributed by atoms with Crippen molar-refractivity contribution in [2.75, 3.05) is 11.9 Å². The third kappa shape index (κ3) is 2.68. The Morgan fingerprint density at radius 2 is 2.18 bits per heavy atom. The van der Waals surface area contributed by atoms with Crippen LogP contribution in [-0.2, 0) is 0 Å². The molecule has 2 heterocycles. The average molecular weight is 341 g/mol. The summed E-state index contributed by atoms with van der Waals surface area (Å²) in [5.74, 6) is 1.48. The minimum Gasteiger partial charge on any atom is -0.369 e. The Labute approximate surface area is 113 Å². The van der Waals surface area contributed by atoms with Crippen molar-refractivity contribution in [3.8, 4) is 11.5 Å². The lowest BCUT2D eigenvalue weighted by Gasteiger charge is -2.09. The molecule has 0 spiro atoms. The van der Waals surface area contributed by atoms with E-state index < -0.39 is 0 Å². The summed E-state index contributed by atoms with van der Waals surface area (Å²) in [6.07, 6.45) is 3.19. The van der Waals surface area contributed by atoms with Crippen molar-refractivity contribution in [1.29, 1.82) is 0 Å². The van der Waals surface area contributed by atoms with Gasteiger partial charge in [-0.1, -0.05) is 0 Å². The van der Waals surface area contributed by atoms with Gasteiger partial charge in [-0.3, -0.25) is 0 Å². The molecule has 88 valence electrons. The first-order valence-electron chi connectivity index (χ1n) is 5.26. The molecular formula is C11H12IN5. The minimum absolute atomic E-state index is 0.626. The van der Waals surface area contributed by atoms with E-state index in [-0.39, 0.29) is 0 Å². The zero-order valence-corrected chi connectivity index (χ0v) is 11.8. The molecule has 2 aromatic heterocycles. The van der Waals surface area contributed by atoms with Crippen LogP contribution in [-0.4, -0.2) is 26.5 Å². The average Bonchev–Trinajstić information content (AvgIpc) is 2.36. The summed E-state index contributed by atoms with van der Waals surface area (Å²) in [6, 6.07) is 1.80. The molecule has 6 heteroatoms. The summed E-state index contributed by atoms with van der Waals surface area (Å²) in [4.78, 5) is 17.0. The predicted molar refractivity (Wildman–Crippen MR) is 74.7 cm³/mol. The van der Waals surface area contributed by atoms with Crippen molar-refractivity contribution in [2.45, 2.75) is 13.8 Å². The molecule has 0 unspecified atom stereocenters. The number of nitrogens with one attached hydrogen (secondary N) is 1. The summed E-state index contributed by atoms with van der Waals surface area (Å²) in [5.41, 5.74) is 1.68. The van der Waals surface area contributed by atoms with E-state index in [4.69, 9.17) is 0 Å². The molecular weight excluding hydrogens is 329 g/mol. The zero-order valence-electron chi connectivity index (χ0n) is 9.61. The van der Waals surface area contributed by atoms with Crippen LogP contribution in [0.1, 0.15) is 12.6 Å². The Bertz CT molecular complexity index is 515. The molecule has 0 aromatic carbocycles. The van der Waals surface area contributed by atoms with Gasteiger partial charge in [0.25, 0.3) is 0 Å². The van der Waals surface area contributed by atoms with Gasteiger partial charge in [-0.15, -0.1) is 0 Å². The second-order valence-electron chi connectivity index (χ2n) is 3.42. The van der Waals surface area contributed by atoms with Crippen LogP contribution in [0.5, 0.6) is 0 Å². The van der Waals surface area contributed by atoms with Crippen LogP contribution in [0.3, 0.4) is 0 Å². The van der Waals surface area contributed by atoms with Crippen molar-refractivity contribution in [2.24, 2.45) is 0 Å². The topological polar surface area (TPSA) is 63.6 Å². The van der Waals surface area contributed by atoms with Gasteiger partial charge in [0, 0.05) is 12.7 Å². The smallest absolute Gasteiger partial charge is 0.180 e. The van der Waals surface area contributed by atoms with E-state index in [2.05, 4.69) is 47.8 Å². The van der Waals surface area contributed by atoms with Crippen LogP contribution >= 0.6 is 22.6 Å². The van der Waals surface area contributed by atoms with Gasteiger partial charge in [0.1, 0.15) is 17.8 Å². The third-order valence-corrected chi connectivity index (χ3v) is 3.46. The van der Waals surface area contributed by atoms with Gasteiger partial charge in [-0.25, -0.2) is 19.9 Å². The van der Waals surface area contributed by atoms with Crippen LogP contribution in [0.25, 0.3) is 11.5 Å². The number of halogens is 1. The molecule has 0 radical (unpaired) electrons. The fourth-order valence-electron chi connectivity index (χ4n) is 1.38. The zero-order chi connectivity index (χ0) is 12.3. The van der Waals surface area contributed by atoms with Crippen LogP contribution in [0.4, 0.5) is 5.82 Å². The molecule has 1 N–H and O–H groups in total. The van der Waals surface area contributed by atoms with Gasteiger partial charge >= 0.3 is 0 Å². The van der Waals surface area contributed by atoms with Gasteiger partial charge in [0.05, 0.1) is 9.26 Å². The Hall–Kier alpha value is -1.31. The largest absolute Gasteiger partial charge is 0.369 e. The van der Waals surface area contributed by atoms with Gasteiger partial charge < -0.3 is 5.32 Å². The monoisotopic (exact) mass is 341 g/mol. The highest BCUT2D eigenvalue weighted by Crippen LogP contribution is 2.22. The van der Waals surface area contributed by atoms with E-state index in [1.807, 2.05) is 13.8 Å². The van der Waals surface area contributed by atoms with Crippen molar-refractivity contribution >= 4 is 28.4 Å². The highest BCUT2D eigenvalue weighted by atomic mass is 127. The van der Waals surface area contributed by atoms with Crippen LogP contribution in [0, 0.1) is 10.5 Å². The molecule has 5 nitrogen and oxygen atoms in total. The van der Waals surface area contributed by atoms with Crippen molar-refractivity contribution < 1.29 is 0 Å². The molecule has 0 aliphatic rings. The SMILES string of the molecule is CCNc1nc(-c2ccncn2)nc(C)c1I. The first kappa shape index (κ1) is 12.2.